The van der Waals surface area contributed by atoms with Crippen molar-refractivity contribution < 1.29 is 13.2 Å². The topological polar surface area (TPSA) is 30.9 Å². The third kappa shape index (κ3) is 2.13. The van der Waals surface area contributed by atoms with Crippen molar-refractivity contribution in [2.45, 2.75) is 6.18 Å². The fourth-order valence-corrected chi connectivity index (χ4v) is 1.67. The number of hydrogen-bond donors (Lipinski definition) is 1. The number of rotatable bonds is 1. The lowest BCUT2D eigenvalue weighted by atomic mass is 10.1. The Balaban J connectivity index is 2.51. The second-order valence-corrected chi connectivity index (χ2v) is 3.78. The van der Waals surface area contributed by atoms with Crippen LogP contribution in [-0.4, -0.2) is 4.57 Å². The summed E-state index contributed by atoms with van der Waals surface area (Å²) in [5, 5.41) is 0. The molecule has 0 spiro atoms. The molecule has 0 amide bonds. The van der Waals surface area contributed by atoms with Crippen molar-refractivity contribution in [3.8, 4) is 11.3 Å². The summed E-state index contributed by atoms with van der Waals surface area (Å²) in [5.41, 5.74) is 6.14. The zero-order chi connectivity index (χ0) is 12.6. The predicted octanol–water partition coefficient (Wildman–Crippen LogP) is 3.29. The molecule has 0 atom stereocenters. The van der Waals surface area contributed by atoms with Crippen LogP contribution in [-0.2, 0) is 13.2 Å². The molecular formula is C12H11F3N2. The van der Waals surface area contributed by atoms with E-state index in [1.54, 1.807) is 29.8 Å². The number of nitrogens with two attached hydrogens (primary N) is 1. The predicted molar refractivity (Wildman–Crippen MR) is 60.3 cm³/mol. The number of benzene rings is 1. The van der Waals surface area contributed by atoms with Crippen molar-refractivity contribution in [1.82, 2.24) is 4.57 Å². The first-order valence-electron chi connectivity index (χ1n) is 4.98. The van der Waals surface area contributed by atoms with Gasteiger partial charge in [-0.3, -0.25) is 0 Å². The summed E-state index contributed by atoms with van der Waals surface area (Å²) in [7, 11) is 1.71. The maximum atomic E-state index is 12.6. The maximum Gasteiger partial charge on any atom is 0.416 e. The van der Waals surface area contributed by atoms with Crippen LogP contribution in [0.3, 0.4) is 0 Å². The minimum absolute atomic E-state index is 0.499. The summed E-state index contributed by atoms with van der Waals surface area (Å²) >= 11 is 0. The second kappa shape index (κ2) is 3.84. The van der Waals surface area contributed by atoms with Gasteiger partial charge in [-0.2, -0.15) is 13.2 Å². The molecule has 1 heterocycles. The lowest BCUT2D eigenvalue weighted by Gasteiger charge is -2.09. The highest BCUT2D eigenvalue weighted by Crippen LogP contribution is 2.32. The molecule has 2 rings (SSSR count). The number of nitrogen functional groups attached to an aromatic ring is 1. The van der Waals surface area contributed by atoms with Gasteiger partial charge >= 0.3 is 6.18 Å². The van der Waals surface area contributed by atoms with Gasteiger partial charge in [0.1, 0.15) is 5.82 Å². The second-order valence-electron chi connectivity index (χ2n) is 3.78. The molecular weight excluding hydrogens is 229 g/mol. The summed E-state index contributed by atoms with van der Waals surface area (Å²) in [6, 6.07) is 8.55. The Morgan fingerprint density at radius 1 is 1.12 bits per heavy atom. The van der Waals surface area contributed by atoms with Crippen LogP contribution in [0.5, 0.6) is 0 Å². The molecule has 0 bridgehead atoms. The normalized spacial score (nSPS) is 11.8. The average Bonchev–Trinajstić information content (AvgIpc) is 2.59. The van der Waals surface area contributed by atoms with Crippen LogP contribution in [0.1, 0.15) is 5.56 Å². The number of alkyl halides is 3. The summed E-state index contributed by atoms with van der Waals surface area (Å²) in [4.78, 5) is 0. The maximum absolute atomic E-state index is 12.6. The summed E-state index contributed by atoms with van der Waals surface area (Å²) in [6.07, 6.45) is -4.33. The Morgan fingerprint density at radius 3 is 2.35 bits per heavy atom. The molecule has 0 fully saturated rings. The highest BCUT2D eigenvalue weighted by atomic mass is 19.4. The standard InChI is InChI=1S/C12H11F3N2/c1-17-10(5-6-11(17)16)8-3-2-4-9(7-8)12(13,14)15/h2-7H,16H2,1H3. The monoisotopic (exact) mass is 240 g/mol. The van der Waals surface area contributed by atoms with Gasteiger partial charge in [0.2, 0.25) is 0 Å². The van der Waals surface area contributed by atoms with Gasteiger partial charge in [0.05, 0.1) is 5.56 Å². The molecule has 2 aromatic rings. The first-order valence-corrected chi connectivity index (χ1v) is 4.98. The number of aromatic nitrogens is 1. The van der Waals surface area contributed by atoms with Crippen molar-refractivity contribution in [1.29, 1.82) is 0 Å². The van der Waals surface area contributed by atoms with E-state index >= 15 is 0 Å². The van der Waals surface area contributed by atoms with E-state index in [0.717, 1.165) is 12.1 Å². The molecule has 0 saturated carbocycles. The smallest absolute Gasteiger partial charge is 0.385 e. The van der Waals surface area contributed by atoms with Crippen LogP contribution in [0.15, 0.2) is 36.4 Å². The van der Waals surface area contributed by atoms with E-state index in [1.807, 2.05) is 0 Å². The number of anilines is 1. The van der Waals surface area contributed by atoms with E-state index in [9.17, 15) is 13.2 Å². The minimum atomic E-state index is -4.33. The van der Waals surface area contributed by atoms with Gasteiger partial charge in [0.15, 0.2) is 0 Å². The first-order chi connectivity index (χ1) is 7.89. The fraction of sp³-hybridized carbons (Fsp3) is 0.167. The summed E-state index contributed by atoms with van der Waals surface area (Å²) in [6.45, 7) is 0. The molecule has 0 aliphatic carbocycles. The van der Waals surface area contributed by atoms with Gasteiger partial charge in [-0.25, -0.2) is 0 Å². The lowest BCUT2D eigenvalue weighted by molar-refractivity contribution is -0.137. The summed E-state index contributed by atoms with van der Waals surface area (Å²) < 4.78 is 39.3. The first kappa shape index (κ1) is 11.6. The van der Waals surface area contributed by atoms with Gasteiger partial charge in [-0.15, -0.1) is 0 Å². The Morgan fingerprint density at radius 2 is 1.82 bits per heavy atom. The molecule has 17 heavy (non-hydrogen) atoms. The van der Waals surface area contributed by atoms with Crippen LogP contribution in [0, 0.1) is 0 Å². The van der Waals surface area contributed by atoms with E-state index in [-0.39, 0.29) is 0 Å². The number of hydrogen-bond acceptors (Lipinski definition) is 1. The molecule has 2 N–H and O–H groups in total. The van der Waals surface area contributed by atoms with Gasteiger partial charge < -0.3 is 10.3 Å². The van der Waals surface area contributed by atoms with Crippen LogP contribution in [0.2, 0.25) is 0 Å². The summed E-state index contributed by atoms with van der Waals surface area (Å²) in [5.74, 6) is 0.511. The average molecular weight is 240 g/mol. The highest BCUT2D eigenvalue weighted by Gasteiger charge is 2.30. The van der Waals surface area contributed by atoms with E-state index in [2.05, 4.69) is 0 Å². The zero-order valence-electron chi connectivity index (χ0n) is 9.12. The van der Waals surface area contributed by atoms with Gasteiger partial charge in [-0.05, 0) is 29.8 Å². The van der Waals surface area contributed by atoms with Crippen LogP contribution in [0.4, 0.5) is 19.0 Å². The lowest BCUT2D eigenvalue weighted by Crippen LogP contribution is -2.05. The molecule has 0 saturated heterocycles. The number of halogens is 3. The van der Waals surface area contributed by atoms with Crippen molar-refractivity contribution in [3.05, 3.63) is 42.0 Å². The molecule has 1 aromatic carbocycles. The molecule has 0 aliphatic rings. The SMILES string of the molecule is Cn1c(N)ccc1-c1cccc(C(F)(F)F)c1. The van der Waals surface area contributed by atoms with Crippen LogP contribution >= 0.6 is 0 Å². The van der Waals surface area contributed by atoms with Crippen molar-refractivity contribution in [2.75, 3.05) is 5.73 Å². The Hall–Kier alpha value is -1.91. The van der Waals surface area contributed by atoms with Crippen molar-refractivity contribution in [2.24, 2.45) is 7.05 Å². The van der Waals surface area contributed by atoms with Crippen LogP contribution in [0.25, 0.3) is 11.3 Å². The molecule has 5 heteroatoms. The molecule has 2 nitrogen and oxygen atoms in total. The van der Waals surface area contributed by atoms with Gasteiger partial charge in [-0.1, -0.05) is 12.1 Å². The van der Waals surface area contributed by atoms with Crippen molar-refractivity contribution >= 4 is 5.82 Å². The third-order valence-corrected chi connectivity index (χ3v) is 2.65. The third-order valence-electron chi connectivity index (χ3n) is 2.65. The zero-order valence-corrected chi connectivity index (χ0v) is 9.12. The largest absolute Gasteiger partial charge is 0.416 e. The van der Waals surface area contributed by atoms with Gasteiger partial charge in [0, 0.05) is 12.7 Å². The van der Waals surface area contributed by atoms with Crippen molar-refractivity contribution in [3.63, 3.8) is 0 Å². The molecule has 0 aliphatic heterocycles. The van der Waals surface area contributed by atoms with E-state index in [4.69, 9.17) is 5.73 Å². The van der Waals surface area contributed by atoms with Crippen LogP contribution < -0.4 is 5.73 Å². The quantitative estimate of drug-likeness (QED) is 0.814. The van der Waals surface area contributed by atoms with E-state index < -0.39 is 11.7 Å². The molecule has 1 aromatic heterocycles. The fourth-order valence-electron chi connectivity index (χ4n) is 1.67. The Bertz CT molecular complexity index is 541. The molecule has 90 valence electrons. The Kier molecular flexibility index (Phi) is 2.61. The highest BCUT2D eigenvalue weighted by molar-refractivity contribution is 5.64. The minimum Gasteiger partial charge on any atom is -0.385 e. The number of nitrogens with zero attached hydrogens (tertiary/aromatic N) is 1. The molecule has 0 radical (unpaired) electrons. The van der Waals surface area contributed by atoms with Gasteiger partial charge in [0.25, 0.3) is 0 Å². The Labute approximate surface area is 96.5 Å². The van der Waals surface area contributed by atoms with E-state index in [0.29, 0.717) is 17.1 Å². The van der Waals surface area contributed by atoms with E-state index in [1.165, 1.54) is 6.07 Å². The molecule has 0 unspecified atom stereocenters.